The Morgan fingerprint density at radius 1 is 1.00 bits per heavy atom. The van der Waals surface area contributed by atoms with E-state index in [1.54, 1.807) is 37.3 Å². The molecule has 7 nitrogen and oxygen atoms in total. The van der Waals surface area contributed by atoms with E-state index in [0.29, 0.717) is 12.2 Å². The molecule has 1 N–H and O–H groups in total. The maximum atomic E-state index is 13.4. The number of para-hydroxylation sites is 1. The fraction of sp³-hybridized carbons (Fsp3) is 0.417. The molecule has 0 spiro atoms. The number of hydrogen-bond acceptors (Lipinski definition) is 4. The molecule has 0 aliphatic carbocycles. The maximum Gasteiger partial charge on any atom is 0.244 e. The summed E-state index contributed by atoms with van der Waals surface area (Å²) in [6.07, 6.45) is 1.07. The highest BCUT2D eigenvalue weighted by atomic mass is 32.2. The summed E-state index contributed by atoms with van der Waals surface area (Å²) in [7, 11) is -3.71. The topological polar surface area (TPSA) is 86.8 Å². The van der Waals surface area contributed by atoms with Crippen molar-refractivity contribution < 1.29 is 18.0 Å². The minimum absolute atomic E-state index is 0.198. The van der Waals surface area contributed by atoms with Crippen LogP contribution in [0, 0.1) is 12.8 Å². The molecule has 0 fully saturated rings. The van der Waals surface area contributed by atoms with Crippen LogP contribution >= 0.6 is 0 Å². The number of carbonyl (C=O) groups is 2. The van der Waals surface area contributed by atoms with Crippen molar-refractivity contribution in [3.63, 3.8) is 0 Å². The first-order valence-corrected chi connectivity index (χ1v) is 12.5. The molecule has 0 unspecified atom stereocenters. The summed E-state index contributed by atoms with van der Waals surface area (Å²) < 4.78 is 26.0. The highest BCUT2D eigenvalue weighted by Gasteiger charge is 2.30. The van der Waals surface area contributed by atoms with Crippen molar-refractivity contribution in [1.29, 1.82) is 0 Å². The molecular weight excluding hydrogens is 426 g/mol. The number of benzene rings is 2. The Morgan fingerprint density at radius 3 is 2.22 bits per heavy atom. The Labute approximate surface area is 191 Å². The summed E-state index contributed by atoms with van der Waals surface area (Å²) in [4.78, 5) is 27.6. The van der Waals surface area contributed by atoms with Crippen molar-refractivity contribution in [1.82, 2.24) is 10.2 Å². The molecule has 0 aliphatic rings. The molecule has 2 amide bonds. The van der Waals surface area contributed by atoms with Crippen LogP contribution in [-0.4, -0.2) is 50.5 Å². The summed E-state index contributed by atoms with van der Waals surface area (Å²) in [5.74, 6) is -0.454. The van der Waals surface area contributed by atoms with Crippen molar-refractivity contribution in [3.05, 3.63) is 65.7 Å². The lowest BCUT2D eigenvalue weighted by Crippen LogP contribution is -2.51. The standard InChI is InChI=1S/C24H33N3O4S/c1-18(2)15-25-24(29)20(4)26(16-21-11-9-10-19(3)14-21)23(28)17-27(32(5,30)31)22-12-7-6-8-13-22/h6-14,18,20H,15-17H2,1-5H3,(H,25,29)/t20-/m0/s1. The number of amides is 2. The van der Waals surface area contributed by atoms with Gasteiger partial charge < -0.3 is 10.2 Å². The zero-order valence-corrected chi connectivity index (χ0v) is 20.2. The van der Waals surface area contributed by atoms with Gasteiger partial charge in [0.1, 0.15) is 12.6 Å². The van der Waals surface area contributed by atoms with Gasteiger partial charge in [-0.15, -0.1) is 0 Å². The fourth-order valence-corrected chi connectivity index (χ4v) is 4.10. The fourth-order valence-electron chi connectivity index (χ4n) is 3.25. The summed E-state index contributed by atoms with van der Waals surface area (Å²) in [6, 6.07) is 15.4. The number of aryl methyl sites for hydroxylation is 1. The van der Waals surface area contributed by atoms with Gasteiger partial charge in [0.25, 0.3) is 0 Å². The predicted octanol–water partition coefficient (Wildman–Crippen LogP) is 2.95. The van der Waals surface area contributed by atoms with Gasteiger partial charge in [0.05, 0.1) is 11.9 Å². The predicted molar refractivity (Wildman–Crippen MR) is 128 cm³/mol. The van der Waals surface area contributed by atoms with Crippen LogP contribution < -0.4 is 9.62 Å². The summed E-state index contributed by atoms with van der Waals surface area (Å²) in [5, 5.41) is 2.86. The van der Waals surface area contributed by atoms with Crippen molar-refractivity contribution >= 4 is 27.5 Å². The highest BCUT2D eigenvalue weighted by Crippen LogP contribution is 2.18. The molecule has 0 saturated carbocycles. The number of anilines is 1. The smallest absolute Gasteiger partial charge is 0.244 e. The molecule has 0 radical (unpaired) electrons. The van der Waals surface area contributed by atoms with E-state index < -0.39 is 28.5 Å². The Hall–Kier alpha value is -2.87. The summed E-state index contributed by atoms with van der Waals surface area (Å²) in [5.41, 5.74) is 2.30. The third-order valence-electron chi connectivity index (χ3n) is 5.01. The summed E-state index contributed by atoms with van der Waals surface area (Å²) in [6.45, 7) is 7.90. The molecule has 174 valence electrons. The van der Waals surface area contributed by atoms with Gasteiger partial charge >= 0.3 is 0 Å². The van der Waals surface area contributed by atoms with Crippen LogP contribution in [0.4, 0.5) is 5.69 Å². The first-order valence-electron chi connectivity index (χ1n) is 10.6. The molecule has 8 heteroatoms. The van der Waals surface area contributed by atoms with Crippen LogP contribution in [0.25, 0.3) is 0 Å². The first kappa shape index (κ1) is 25.4. The average molecular weight is 460 g/mol. The normalized spacial score (nSPS) is 12.3. The number of hydrogen-bond donors (Lipinski definition) is 1. The molecule has 2 aromatic rings. The highest BCUT2D eigenvalue weighted by molar-refractivity contribution is 7.92. The SMILES string of the molecule is Cc1cccc(CN(C(=O)CN(c2ccccc2)S(C)(=O)=O)[C@@H](C)C(=O)NCC(C)C)c1. The van der Waals surface area contributed by atoms with Crippen LogP contribution in [0.5, 0.6) is 0 Å². The Morgan fingerprint density at radius 2 is 1.66 bits per heavy atom. The number of rotatable bonds is 10. The molecule has 0 aliphatic heterocycles. The third kappa shape index (κ3) is 7.37. The van der Waals surface area contributed by atoms with Gasteiger partial charge in [-0.1, -0.05) is 61.9 Å². The third-order valence-corrected chi connectivity index (χ3v) is 6.15. The van der Waals surface area contributed by atoms with Crippen molar-refractivity contribution in [3.8, 4) is 0 Å². The lowest BCUT2D eigenvalue weighted by molar-refractivity contribution is -0.139. The second-order valence-corrected chi connectivity index (χ2v) is 10.3. The zero-order chi connectivity index (χ0) is 23.9. The van der Waals surface area contributed by atoms with Gasteiger partial charge in [-0.05, 0) is 37.5 Å². The molecular formula is C24H33N3O4S. The Balaban J connectivity index is 2.33. The molecule has 2 rings (SSSR count). The van der Waals surface area contributed by atoms with Gasteiger partial charge in [0.15, 0.2) is 0 Å². The number of nitrogens with zero attached hydrogens (tertiary/aromatic N) is 2. The maximum absolute atomic E-state index is 13.4. The van der Waals surface area contributed by atoms with Gasteiger partial charge in [0, 0.05) is 13.1 Å². The first-order chi connectivity index (χ1) is 15.0. The minimum atomic E-state index is -3.71. The van der Waals surface area contributed by atoms with Crippen molar-refractivity contribution in [2.24, 2.45) is 5.92 Å². The lowest BCUT2D eigenvalue weighted by atomic mass is 10.1. The zero-order valence-electron chi connectivity index (χ0n) is 19.4. The van der Waals surface area contributed by atoms with E-state index >= 15 is 0 Å². The Bertz CT molecular complexity index is 1020. The molecule has 1 atom stereocenters. The van der Waals surface area contributed by atoms with Crippen LogP contribution in [0.1, 0.15) is 31.9 Å². The molecule has 0 bridgehead atoms. The van der Waals surface area contributed by atoms with Gasteiger partial charge in [0.2, 0.25) is 21.8 Å². The van der Waals surface area contributed by atoms with E-state index in [-0.39, 0.29) is 18.4 Å². The van der Waals surface area contributed by atoms with E-state index in [2.05, 4.69) is 5.32 Å². The largest absolute Gasteiger partial charge is 0.354 e. The summed E-state index contributed by atoms with van der Waals surface area (Å²) >= 11 is 0. The van der Waals surface area contributed by atoms with Crippen LogP contribution in [0.2, 0.25) is 0 Å². The van der Waals surface area contributed by atoms with Gasteiger partial charge in [-0.2, -0.15) is 0 Å². The van der Waals surface area contributed by atoms with E-state index in [4.69, 9.17) is 0 Å². The number of carbonyl (C=O) groups excluding carboxylic acids is 2. The second kappa shape index (κ2) is 11.1. The minimum Gasteiger partial charge on any atom is -0.354 e. The van der Waals surface area contributed by atoms with Crippen molar-refractivity contribution in [2.45, 2.75) is 40.3 Å². The van der Waals surface area contributed by atoms with E-state index in [0.717, 1.165) is 21.7 Å². The quantitative estimate of drug-likeness (QED) is 0.592. The lowest BCUT2D eigenvalue weighted by Gasteiger charge is -2.31. The van der Waals surface area contributed by atoms with E-state index in [9.17, 15) is 18.0 Å². The van der Waals surface area contributed by atoms with Crippen LogP contribution in [-0.2, 0) is 26.2 Å². The average Bonchev–Trinajstić information content (AvgIpc) is 2.73. The van der Waals surface area contributed by atoms with Gasteiger partial charge in [-0.25, -0.2) is 8.42 Å². The molecule has 0 saturated heterocycles. The molecule has 32 heavy (non-hydrogen) atoms. The van der Waals surface area contributed by atoms with Crippen molar-refractivity contribution in [2.75, 3.05) is 23.7 Å². The van der Waals surface area contributed by atoms with Crippen LogP contribution in [0.15, 0.2) is 54.6 Å². The number of nitrogens with one attached hydrogen (secondary N) is 1. The second-order valence-electron chi connectivity index (χ2n) is 8.43. The molecule has 2 aromatic carbocycles. The van der Waals surface area contributed by atoms with E-state index in [1.165, 1.54) is 4.90 Å². The number of sulfonamides is 1. The van der Waals surface area contributed by atoms with Gasteiger partial charge in [-0.3, -0.25) is 13.9 Å². The molecule has 0 aromatic heterocycles. The monoisotopic (exact) mass is 459 g/mol. The van der Waals surface area contributed by atoms with Crippen LogP contribution in [0.3, 0.4) is 0 Å². The van der Waals surface area contributed by atoms with E-state index in [1.807, 2.05) is 45.0 Å². The Kier molecular flexibility index (Phi) is 8.83. The molecule has 0 heterocycles.